The van der Waals surface area contributed by atoms with Crippen molar-refractivity contribution in [2.45, 2.75) is 26.7 Å². The van der Waals surface area contributed by atoms with Gasteiger partial charge >= 0.3 is 0 Å². The SMILES string of the molecule is Cc1noc(C)c1-c1cncc(CC2CCN(C(=O)c3cscn3)C2)n1. The van der Waals surface area contributed by atoms with E-state index in [1.165, 1.54) is 11.3 Å². The van der Waals surface area contributed by atoms with Crippen molar-refractivity contribution in [1.82, 2.24) is 25.0 Å². The Bertz CT molecular complexity index is 902. The van der Waals surface area contributed by atoms with Crippen molar-refractivity contribution in [1.29, 1.82) is 0 Å². The molecule has 0 radical (unpaired) electrons. The molecular weight excluding hydrogens is 350 g/mol. The molecule has 1 aliphatic rings. The van der Waals surface area contributed by atoms with E-state index < -0.39 is 0 Å². The molecule has 0 N–H and O–H groups in total. The standard InChI is InChI=1S/C18H19N5O2S/c1-11-17(12(2)25-22-11)15-7-19-6-14(21-15)5-13-3-4-23(8-13)18(24)16-9-26-10-20-16/h6-7,9-10,13H,3-5,8H2,1-2H3. The first-order valence-electron chi connectivity index (χ1n) is 8.53. The van der Waals surface area contributed by atoms with E-state index in [9.17, 15) is 4.79 Å². The zero-order chi connectivity index (χ0) is 18.1. The van der Waals surface area contributed by atoms with E-state index in [1.807, 2.05) is 18.7 Å². The lowest BCUT2D eigenvalue weighted by molar-refractivity contribution is 0.0782. The van der Waals surface area contributed by atoms with Gasteiger partial charge in [0.1, 0.15) is 11.5 Å². The first kappa shape index (κ1) is 16.8. The monoisotopic (exact) mass is 369 g/mol. The summed E-state index contributed by atoms with van der Waals surface area (Å²) in [6.45, 7) is 5.27. The summed E-state index contributed by atoms with van der Waals surface area (Å²) in [6.07, 6.45) is 5.30. The lowest BCUT2D eigenvalue weighted by Gasteiger charge is -2.15. The number of hydrogen-bond donors (Lipinski definition) is 0. The Kier molecular flexibility index (Phi) is 4.50. The molecule has 7 nitrogen and oxygen atoms in total. The van der Waals surface area contributed by atoms with Crippen LogP contribution in [0, 0.1) is 19.8 Å². The third-order valence-electron chi connectivity index (χ3n) is 4.70. The molecule has 0 bridgehead atoms. The van der Waals surface area contributed by atoms with Crippen molar-refractivity contribution in [2.75, 3.05) is 13.1 Å². The van der Waals surface area contributed by atoms with E-state index in [4.69, 9.17) is 9.51 Å². The molecule has 1 aliphatic heterocycles. The van der Waals surface area contributed by atoms with Crippen LogP contribution < -0.4 is 0 Å². The highest BCUT2D eigenvalue weighted by Gasteiger charge is 2.28. The van der Waals surface area contributed by atoms with Crippen molar-refractivity contribution in [3.05, 3.63) is 46.1 Å². The summed E-state index contributed by atoms with van der Waals surface area (Å²) in [5.41, 5.74) is 5.66. The van der Waals surface area contributed by atoms with Gasteiger partial charge < -0.3 is 9.42 Å². The van der Waals surface area contributed by atoms with Crippen LogP contribution in [0.5, 0.6) is 0 Å². The second-order valence-corrected chi connectivity index (χ2v) is 7.30. The van der Waals surface area contributed by atoms with E-state index in [0.29, 0.717) is 11.6 Å². The van der Waals surface area contributed by atoms with Crippen LogP contribution in [0.4, 0.5) is 0 Å². The van der Waals surface area contributed by atoms with Crippen LogP contribution in [0.2, 0.25) is 0 Å². The van der Waals surface area contributed by atoms with Gasteiger partial charge in [-0.25, -0.2) is 9.97 Å². The Morgan fingerprint density at radius 3 is 3.00 bits per heavy atom. The van der Waals surface area contributed by atoms with Crippen LogP contribution >= 0.6 is 11.3 Å². The van der Waals surface area contributed by atoms with Gasteiger partial charge in [0.15, 0.2) is 0 Å². The Balaban J connectivity index is 1.45. The van der Waals surface area contributed by atoms with Gasteiger partial charge in [-0.1, -0.05) is 5.16 Å². The Morgan fingerprint density at radius 1 is 1.38 bits per heavy atom. The van der Waals surface area contributed by atoms with Crippen molar-refractivity contribution >= 4 is 17.2 Å². The van der Waals surface area contributed by atoms with E-state index in [-0.39, 0.29) is 5.91 Å². The van der Waals surface area contributed by atoms with Gasteiger partial charge in [0.05, 0.1) is 34.4 Å². The molecule has 1 unspecified atom stereocenters. The minimum atomic E-state index is 0.0179. The van der Waals surface area contributed by atoms with Crippen molar-refractivity contribution in [2.24, 2.45) is 5.92 Å². The fourth-order valence-corrected chi connectivity index (χ4v) is 3.96. The van der Waals surface area contributed by atoms with Gasteiger partial charge in [0.2, 0.25) is 0 Å². The molecule has 3 aromatic rings. The number of likely N-dealkylation sites (tertiary alicyclic amines) is 1. The largest absolute Gasteiger partial charge is 0.361 e. The third-order valence-corrected chi connectivity index (χ3v) is 5.28. The second kappa shape index (κ2) is 6.95. The fraction of sp³-hybridized carbons (Fsp3) is 0.389. The highest BCUT2D eigenvalue weighted by atomic mass is 32.1. The van der Waals surface area contributed by atoms with E-state index in [0.717, 1.165) is 54.3 Å². The predicted octanol–water partition coefficient (Wildman–Crippen LogP) is 2.91. The molecule has 0 aliphatic carbocycles. The van der Waals surface area contributed by atoms with Crippen LogP contribution in [-0.2, 0) is 6.42 Å². The van der Waals surface area contributed by atoms with Gasteiger partial charge in [-0.15, -0.1) is 11.3 Å². The second-order valence-electron chi connectivity index (χ2n) is 6.58. The average molecular weight is 369 g/mol. The molecule has 4 heterocycles. The van der Waals surface area contributed by atoms with Crippen LogP contribution in [-0.4, -0.2) is 44.0 Å². The van der Waals surface area contributed by atoms with Gasteiger partial charge in [-0.05, 0) is 32.6 Å². The van der Waals surface area contributed by atoms with E-state index in [1.54, 1.807) is 23.3 Å². The number of hydrogen-bond acceptors (Lipinski definition) is 7. The first-order chi connectivity index (χ1) is 12.6. The molecular formula is C18H19N5O2S. The molecule has 0 saturated carbocycles. The summed E-state index contributed by atoms with van der Waals surface area (Å²) in [5, 5.41) is 5.79. The van der Waals surface area contributed by atoms with Crippen molar-refractivity contribution in [3.63, 3.8) is 0 Å². The lowest BCUT2D eigenvalue weighted by atomic mass is 10.0. The maximum atomic E-state index is 12.4. The number of nitrogens with zero attached hydrogens (tertiary/aromatic N) is 5. The number of aromatic nitrogens is 4. The number of amides is 1. The molecule has 1 fully saturated rings. The molecule has 1 saturated heterocycles. The zero-order valence-corrected chi connectivity index (χ0v) is 15.5. The minimum Gasteiger partial charge on any atom is -0.361 e. The van der Waals surface area contributed by atoms with E-state index in [2.05, 4.69) is 15.1 Å². The quantitative estimate of drug-likeness (QED) is 0.703. The highest BCUT2D eigenvalue weighted by Crippen LogP contribution is 2.26. The number of aryl methyl sites for hydroxylation is 2. The molecule has 4 rings (SSSR count). The molecule has 1 atom stereocenters. The zero-order valence-electron chi connectivity index (χ0n) is 14.7. The summed E-state index contributed by atoms with van der Waals surface area (Å²) in [6, 6.07) is 0. The normalized spacial score (nSPS) is 17.0. The van der Waals surface area contributed by atoms with Crippen LogP contribution in [0.3, 0.4) is 0 Å². The number of rotatable bonds is 4. The highest BCUT2D eigenvalue weighted by molar-refractivity contribution is 7.07. The fourth-order valence-electron chi connectivity index (χ4n) is 3.43. The maximum absolute atomic E-state index is 12.4. The van der Waals surface area contributed by atoms with Gasteiger partial charge in [0.25, 0.3) is 5.91 Å². The van der Waals surface area contributed by atoms with Gasteiger partial charge in [-0.2, -0.15) is 0 Å². The van der Waals surface area contributed by atoms with Crippen molar-refractivity contribution in [3.8, 4) is 11.3 Å². The summed E-state index contributed by atoms with van der Waals surface area (Å²) in [4.78, 5) is 27.5. The summed E-state index contributed by atoms with van der Waals surface area (Å²) in [5.74, 6) is 1.14. The number of carbonyl (C=O) groups excluding carboxylic acids is 1. The Hall–Kier alpha value is -2.61. The smallest absolute Gasteiger partial charge is 0.273 e. The van der Waals surface area contributed by atoms with Crippen LogP contribution in [0.25, 0.3) is 11.3 Å². The Morgan fingerprint density at radius 2 is 2.27 bits per heavy atom. The van der Waals surface area contributed by atoms with Crippen molar-refractivity contribution < 1.29 is 9.32 Å². The van der Waals surface area contributed by atoms with Crippen LogP contribution in [0.15, 0.2) is 27.8 Å². The van der Waals surface area contributed by atoms with Gasteiger partial charge in [0, 0.05) is 24.7 Å². The molecule has 8 heteroatoms. The summed E-state index contributed by atoms with van der Waals surface area (Å²) >= 11 is 1.44. The average Bonchev–Trinajstić information content (AvgIpc) is 3.37. The Labute approximate surface area is 155 Å². The van der Waals surface area contributed by atoms with Gasteiger partial charge in [-0.3, -0.25) is 9.78 Å². The summed E-state index contributed by atoms with van der Waals surface area (Å²) in [7, 11) is 0. The molecule has 134 valence electrons. The topological polar surface area (TPSA) is 85.0 Å². The molecule has 1 amide bonds. The minimum absolute atomic E-state index is 0.0179. The predicted molar refractivity (Wildman–Crippen MR) is 96.8 cm³/mol. The molecule has 0 spiro atoms. The lowest BCUT2D eigenvalue weighted by Crippen LogP contribution is -2.29. The first-order valence-corrected chi connectivity index (χ1v) is 9.47. The number of carbonyl (C=O) groups is 1. The number of thiazole rings is 1. The van der Waals surface area contributed by atoms with Crippen LogP contribution in [0.1, 0.15) is 34.1 Å². The maximum Gasteiger partial charge on any atom is 0.273 e. The molecule has 0 aromatic carbocycles. The molecule has 26 heavy (non-hydrogen) atoms. The summed E-state index contributed by atoms with van der Waals surface area (Å²) < 4.78 is 5.23. The third kappa shape index (κ3) is 3.24. The van der Waals surface area contributed by atoms with E-state index >= 15 is 0 Å². The molecule has 3 aromatic heterocycles.